The molecule has 0 saturated heterocycles. The molecule has 0 atom stereocenters. The fourth-order valence-corrected chi connectivity index (χ4v) is 1.35. The standard InChI is InChI=1S/C11H9N3O3/c1-17-10-4-9(5-12-7-10)8-2-3-11(13-6-8)14(15)16/h2-7H,1H3. The van der Waals surface area contributed by atoms with Gasteiger partial charge in [-0.2, -0.15) is 0 Å². The zero-order valence-electron chi connectivity index (χ0n) is 9.03. The van der Waals surface area contributed by atoms with E-state index in [1.807, 2.05) is 0 Å². The molecule has 86 valence electrons. The van der Waals surface area contributed by atoms with Crippen LogP contribution in [0, 0.1) is 10.1 Å². The van der Waals surface area contributed by atoms with Crippen LogP contribution in [0.1, 0.15) is 0 Å². The summed E-state index contributed by atoms with van der Waals surface area (Å²) in [6.45, 7) is 0. The normalized spacial score (nSPS) is 9.94. The molecule has 2 aromatic heterocycles. The lowest BCUT2D eigenvalue weighted by Crippen LogP contribution is -1.92. The summed E-state index contributed by atoms with van der Waals surface area (Å²) < 4.78 is 5.05. The largest absolute Gasteiger partial charge is 0.495 e. The van der Waals surface area contributed by atoms with Crippen LogP contribution in [0.2, 0.25) is 0 Å². The highest BCUT2D eigenvalue weighted by Crippen LogP contribution is 2.22. The molecule has 0 spiro atoms. The summed E-state index contributed by atoms with van der Waals surface area (Å²) in [6.07, 6.45) is 4.67. The van der Waals surface area contributed by atoms with E-state index < -0.39 is 4.92 Å². The molecular formula is C11H9N3O3. The van der Waals surface area contributed by atoms with Crippen molar-refractivity contribution in [2.75, 3.05) is 7.11 Å². The van der Waals surface area contributed by atoms with Crippen LogP contribution < -0.4 is 4.74 Å². The first-order valence-electron chi connectivity index (χ1n) is 4.80. The molecule has 0 saturated carbocycles. The van der Waals surface area contributed by atoms with Crippen molar-refractivity contribution < 1.29 is 9.66 Å². The van der Waals surface area contributed by atoms with E-state index >= 15 is 0 Å². The van der Waals surface area contributed by atoms with Crippen LogP contribution in [0.5, 0.6) is 5.75 Å². The number of methoxy groups -OCH3 is 1. The third-order valence-electron chi connectivity index (χ3n) is 2.22. The zero-order valence-corrected chi connectivity index (χ0v) is 9.03. The Bertz CT molecular complexity index is 540. The van der Waals surface area contributed by atoms with Gasteiger partial charge in [0.25, 0.3) is 0 Å². The molecule has 2 rings (SSSR count). The topological polar surface area (TPSA) is 78.2 Å². The van der Waals surface area contributed by atoms with Crippen molar-refractivity contribution in [2.24, 2.45) is 0 Å². The number of hydrogen-bond acceptors (Lipinski definition) is 5. The second-order valence-corrected chi connectivity index (χ2v) is 3.28. The predicted octanol–water partition coefficient (Wildman–Crippen LogP) is 2.06. The van der Waals surface area contributed by atoms with Gasteiger partial charge in [-0.3, -0.25) is 4.98 Å². The SMILES string of the molecule is COc1cncc(-c2ccc([N+](=O)[O-])nc2)c1. The number of ether oxygens (including phenoxy) is 1. The lowest BCUT2D eigenvalue weighted by molar-refractivity contribution is -0.389. The molecule has 0 fully saturated rings. The van der Waals surface area contributed by atoms with E-state index in [1.54, 1.807) is 31.6 Å². The third kappa shape index (κ3) is 2.36. The lowest BCUT2D eigenvalue weighted by atomic mass is 10.1. The Kier molecular flexibility index (Phi) is 2.95. The molecule has 0 radical (unpaired) electrons. The summed E-state index contributed by atoms with van der Waals surface area (Å²) in [6, 6.07) is 4.77. The number of rotatable bonds is 3. The van der Waals surface area contributed by atoms with E-state index in [-0.39, 0.29) is 5.82 Å². The summed E-state index contributed by atoms with van der Waals surface area (Å²) in [4.78, 5) is 17.7. The number of pyridine rings is 2. The second kappa shape index (κ2) is 4.56. The lowest BCUT2D eigenvalue weighted by Gasteiger charge is -2.02. The molecule has 0 aromatic carbocycles. The summed E-state index contributed by atoms with van der Waals surface area (Å²) in [5.41, 5.74) is 1.55. The zero-order chi connectivity index (χ0) is 12.3. The van der Waals surface area contributed by atoms with Crippen LogP contribution in [0.3, 0.4) is 0 Å². The van der Waals surface area contributed by atoms with Gasteiger partial charge in [-0.15, -0.1) is 0 Å². The molecule has 0 bridgehead atoms. The molecule has 0 aliphatic heterocycles. The maximum absolute atomic E-state index is 10.5. The van der Waals surface area contributed by atoms with Crippen LogP contribution in [0.4, 0.5) is 5.82 Å². The molecule has 2 heterocycles. The quantitative estimate of drug-likeness (QED) is 0.596. The van der Waals surface area contributed by atoms with Gasteiger partial charge >= 0.3 is 5.82 Å². The molecule has 0 N–H and O–H groups in total. The van der Waals surface area contributed by atoms with E-state index in [1.165, 1.54) is 12.3 Å². The first-order chi connectivity index (χ1) is 8.20. The summed E-state index contributed by atoms with van der Waals surface area (Å²) in [5.74, 6) is 0.449. The minimum atomic E-state index is -0.534. The summed E-state index contributed by atoms with van der Waals surface area (Å²) in [5, 5.41) is 10.5. The van der Waals surface area contributed by atoms with Gasteiger partial charge in [-0.05, 0) is 22.0 Å². The predicted molar refractivity (Wildman–Crippen MR) is 60.7 cm³/mol. The Morgan fingerprint density at radius 1 is 1.24 bits per heavy atom. The van der Waals surface area contributed by atoms with Crippen molar-refractivity contribution in [3.8, 4) is 16.9 Å². The van der Waals surface area contributed by atoms with E-state index in [4.69, 9.17) is 4.74 Å². The average molecular weight is 231 g/mol. The van der Waals surface area contributed by atoms with Gasteiger partial charge < -0.3 is 14.9 Å². The van der Waals surface area contributed by atoms with E-state index in [2.05, 4.69) is 9.97 Å². The van der Waals surface area contributed by atoms with Crippen LogP contribution >= 0.6 is 0 Å². The monoisotopic (exact) mass is 231 g/mol. The van der Waals surface area contributed by atoms with Crippen molar-refractivity contribution in [3.63, 3.8) is 0 Å². The first-order valence-corrected chi connectivity index (χ1v) is 4.80. The minimum absolute atomic E-state index is 0.176. The Morgan fingerprint density at radius 3 is 2.65 bits per heavy atom. The van der Waals surface area contributed by atoms with Crippen molar-refractivity contribution >= 4 is 5.82 Å². The van der Waals surface area contributed by atoms with Crippen molar-refractivity contribution in [1.82, 2.24) is 9.97 Å². The third-order valence-corrected chi connectivity index (χ3v) is 2.22. The number of aromatic nitrogens is 2. The van der Waals surface area contributed by atoms with Crippen molar-refractivity contribution in [3.05, 3.63) is 46.9 Å². The van der Waals surface area contributed by atoms with Gasteiger partial charge in [-0.25, -0.2) is 0 Å². The highest BCUT2D eigenvalue weighted by molar-refractivity contribution is 5.63. The van der Waals surface area contributed by atoms with Crippen LogP contribution in [-0.4, -0.2) is 22.0 Å². The molecule has 6 heteroatoms. The van der Waals surface area contributed by atoms with Crippen LogP contribution in [-0.2, 0) is 0 Å². The van der Waals surface area contributed by atoms with Crippen molar-refractivity contribution in [1.29, 1.82) is 0 Å². The number of hydrogen-bond donors (Lipinski definition) is 0. The first kappa shape index (κ1) is 11.0. The van der Waals surface area contributed by atoms with Gasteiger partial charge in [0.1, 0.15) is 11.9 Å². The Hall–Kier alpha value is -2.50. The molecule has 0 aliphatic carbocycles. The smallest absolute Gasteiger partial charge is 0.363 e. The fourth-order valence-electron chi connectivity index (χ4n) is 1.35. The highest BCUT2D eigenvalue weighted by atomic mass is 16.6. The highest BCUT2D eigenvalue weighted by Gasteiger charge is 2.08. The van der Waals surface area contributed by atoms with Crippen LogP contribution in [0.15, 0.2) is 36.8 Å². The van der Waals surface area contributed by atoms with Gasteiger partial charge in [0.15, 0.2) is 0 Å². The Balaban J connectivity index is 2.36. The minimum Gasteiger partial charge on any atom is -0.495 e. The van der Waals surface area contributed by atoms with E-state index in [9.17, 15) is 10.1 Å². The van der Waals surface area contributed by atoms with Gasteiger partial charge in [0, 0.05) is 23.4 Å². The Morgan fingerprint density at radius 2 is 2.06 bits per heavy atom. The maximum atomic E-state index is 10.5. The number of nitro groups is 1. The molecule has 0 aliphatic rings. The number of nitrogens with zero attached hydrogens (tertiary/aromatic N) is 3. The molecule has 2 aromatic rings. The van der Waals surface area contributed by atoms with Gasteiger partial charge in [-0.1, -0.05) is 0 Å². The molecule has 6 nitrogen and oxygen atoms in total. The van der Waals surface area contributed by atoms with Gasteiger partial charge in [0.05, 0.1) is 13.3 Å². The summed E-state index contributed by atoms with van der Waals surface area (Å²) in [7, 11) is 1.55. The fraction of sp³-hybridized carbons (Fsp3) is 0.0909. The summed E-state index contributed by atoms with van der Waals surface area (Å²) >= 11 is 0. The van der Waals surface area contributed by atoms with Gasteiger partial charge in [0.2, 0.25) is 0 Å². The Labute approximate surface area is 97.1 Å². The molecule has 0 unspecified atom stereocenters. The van der Waals surface area contributed by atoms with E-state index in [0.717, 1.165) is 11.1 Å². The molecular weight excluding hydrogens is 222 g/mol. The second-order valence-electron chi connectivity index (χ2n) is 3.28. The maximum Gasteiger partial charge on any atom is 0.363 e. The molecule has 0 amide bonds. The van der Waals surface area contributed by atoms with Crippen molar-refractivity contribution in [2.45, 2.75) is 0 Å². The molecule has 17 heavy (non-hydrogen) atoms. The van der Waals surface area contributed by atoms with Crippen LogP contribution in [0.25, 0.3) is 11.1 Å². The van der Waals surface area contributed by atoms with E-state index in [0.29, 0.717) is 5.75 Å². The average Bonchev–Trinajstić information content (AvgIpc) is 2.39.